The molecular weight excluding hydrogens is 268 g/mol. The molecule has 0 saturated carbocycles. The Morgan fingerprint density at radius 3 is 2.76 bits per heavy atom. The number of rotatable bonds is 3. The molecule has 2 heterocycles. The van der Waals surface area contributed by atoms with Crippen molar-refractivity contribution in [2.75, 3.05) is 0 Å². The van der Waals surface area contributed by atoms with Crippen molar-refractivity contribution >= 4 is 23.1 Å². The molecule has 0 fully saturated rings. The number of aromatic nitrogens is 3. The zero-order valence-electron chi connectivity index (χ0n) is 11.1. The first kappa shape index (κ1) is 12.8. The fourth-order valence-corrected chi connectivity index (χ4v) is 2.15. The fraction of sp³-hybridized carbons (Fsp3) is 0.0714. The molecule has 1 aromatic carbocycles. The minimum Gasteiger partial charge on any atom is -0.298 e. The van der Waals surface area contributed by atoms with Crippen LogP contribution in [0.3, 0.4) is 0 Å². The Kier molecular flexibility index (Phi) is 3.10. The number of benzene rings is 1. The Labute approximate surface area is 119 Å². The summed E-state index contributed by atoms with van der Waals surface area (Å²) in [7, 11) is 0. The Hall–Kier alpha value is -3.18. The molecule has 21 heavy (non-hydrogen) atoms. The van der Waals surface area contributed by atoms with Gasteiger partial charge in [0.15, 0.2) is 11.9 Å². The van der Waals surface area contributed by atoms with Gasteiger partial charge in [0, 0.05) is 15.9 Å². The Morgan fingerprint density at radius 2 is 2.10 bits per heavy atom. The number of fused-ring (bicyclic) bond motifs is 1. The van der Waals surface area contributed by atoms with E-state index in [9.17, 15) is 4.79 Å². The Balaban J connectivity index is 2.36. The second-order valence-corrected chi connectivity index (χ2v) is 4.41. The molecule has 0 radical (unpaired) electrons. The van der Waals surface area contributed by atoms with Crippen LogP contribution >= 0.6 is 0 Å². The molecular formula is C14H10N6O. The monoisotopic (exact) mass is 278 g/mol. The van der Waals surface area contributed by atoms with Gasteiger partial charge < -0.3 is 0 Å². The Bertz CT molecular complexity index is 877. The summed E-state index contributed by atoms with van der Waals surface area (Å²) in [6.07, 6.45) is 0.621. The van der Waals surface area contributed by atoms with Crippen LogP contribution in [0.5, 0.6) is 0 Å². The maximum Gasteiger partial charge on any atom is 0.163 e. The molecule has 7 heteroatoms. The second-order valence-electron chi connectivity index (χ2n) is 4.41. The van der Waals surface area contributed by atoms with Crippen LogP contribution < -0.4 is 0 Å². The lowest BCUT2D eigenvalue weighted by Gasteiger charge is -2.03. The van der Waals surface area contributed by atoms with E-state index >= 15 is 0 Å². The van der Waals surface area contributed by atoms with Gasteiger partial charge in [0.2, 0.25) is 0 Å². The van der Waals surface area contributed by atoms with Crippen LogP contribution in [0.4, 0.5) is 5.82 Å². The molecule has 7 nitrogen and oxygen atoms in total. The highest BCUT2D eigenvalue weighted by Gasteiger charge is 2.14. The van der Waals surface area contributed by atoms with E-state index in [2.05, 4.69) is 20.1 Å². The van der Waals surface area contributed by atoms with Crippen LogP contribution in [0.1, 0.15) is 16.1 Å². The predicted octanol–water partition coefficient (Wildman–Crippen LogP) is 3.48. The van der Waals surface area contributed by atoms with E-state index in [1.807, 2.05) is 37.3 Å². The number of para-hydroxylation sites is 1. The molecule has 0 aliphatic heterocycles. The second kappa shape index (κ2) is 5.07. The average molecular weight is 278 g/mol. The summed E-state index contributed by atoms with van der Waals surface area (Å²) >= 11 is 0. The van der Waals surface area contributed by atoms with Crippen LogP contribution in [0.25, 0.3) is 27.2 Å². The van der Waals surface area contributed by atoms with Crippen LogP contribution in [0.15, 0.2) is 41.5 Å². The maximum absolute atomic E-state index is 11.1. The van der Waals surface area contributed by atoms with E-state index in [0.717, 1.165) is 16.8 Å². The Morgan fingerprint density at radius 1 is 1.33 bits per heavy atom. The van der Waals surface area contributed by atoms with Gasteiger partial charge >= 0.3 is 0 Å². The van der Waals surface area contributed by atoms with Crippen LogP contribution in [-0.2, 0) is 0 Å². The van der Waals surface area contributed by atoms with Crippen molar-refractivity contribution in [3.8, 4) is 5.69 Å². The van der Waals surface area contributed by atoms with Crippen molar-refractivity contribution in [2.24, 2.45) is 5.11 Å². The van der Waals surface area contributed by atoms with E-state index in [-0.39, 0.29) is 11.4 Å². The molecule has 0 amide bonds. The number of nitrogens with zero attached hydrogens (tertiary/aromatic N) is 6. The zero-order valence-corrected chi connectivity index (χ0v) is 11.1. The van der Waals surface area contributed by atoms with Gasteiger partial charge in [0.25, 0.3) is 0 Å². The van der Waals surface area contributed by atoms with Gasteiger partial charge in [-0.05, 0) is 35.8 Å². The van der Waals surface area contributed by atoms with Crippen molar-refractivity contribution in [1.82, 2.24) is 14.8 Å². The first-order chi connectivity index (χ1) is 10.2. The van der Waals surface area contributed by atoms with Crippen molar-refractivity contribution in [3.63, 3.8) is 0 Å². The summed E-state index contributed by atoms with van der Waals surface area (Å²) in [5.41, 5.74) is 11.0. The van der Waals surface area contributed by atoms with E-state index in [0.29, 0.717) is 11.9 Å². The zero-order chi connectivity index (χ0) is 14.8. The average Bonchev–Trinajstić information content (AvgIpc) is 2.84. The molecule has 0 aliphatic carbocycles. The molecule has 3 rings (SSSR count). The molecule has 3 aromatic rings. The first-order valence-electron chi connectivity index (χ1n) is 6.20. The number of carbonyl (C=O) groups excluding carboxylic acids is 1. The topological polar surface area (TPSA) is 96.5 Å². The van der Waals surface area contributed by atoms with E-state index in [1.165, 1.54) is 0 Å². The molecule has 0 bridgehead atoms. The smallest absolute Gasteiger partial charge is 0.163 e. The first-order valence-corrected chi connectivity index (χ1v) is 6.20. The normalized spacial score (nSPS) is 10.3. The highest BCUT2D eigenvalue weighted by Crippen LogP contribution is 2.25. The van der Waals surface area contributed by atoms with Crippen molar-refractivity contribution in [1.29, 1.82) is 0 Å². The lowest BCUT2D eigenvalue weighted by Crippen LogP contribution is -1.98. The summed E-state index contributed by atoms with van der Waals surface area (Å²) in [4.78, 5) is 18.1. The summed E-state index contributed by atoms with van der Waals surface area (Å²) < 4.78 is 1.66. The predicted molar refractivity (Wildman–Crippen MR) is 77.8 cm³/mol. The number of aryl methyl sites for hydroxylation is 1. The van der Waals surface area contributed by atoms with Gasteiger partial charge in [-0.15, -0.1) is 0 Å². The van der Waals surface area contributed by atoms with Gasteiger partial charge in [-0.1, -0.05) is 18.2 Å². The number of hydrogen-bond acceptors (Lipinski definition) is 4. The number of hydrogen-bond donors (Lipinski definition) is 0. The highest BCUT2D eigenvalue weighted by atomic mass is 16.1. The van der Waals surface area contributed by atoms with Gasteiger partial charge in [0.1, 0.15) is 5.82 Å². The minimum atomic E-state index is 0.0529. The quantitative estimate of drug-likeness (QED) is 0.317. The standard InChI is InChI=1S/C14H10N6O/c1-9-12-7-10(8-21)13(17-19-15)16-14(12)20(18-9)11-5-3-2-4-6-11/h2-8H,1H3. The maximum atomic E-state index is 11.1. The van der Waals surface area contributed by atoms with Gasteiger partial charge in [-0.25, -0.2) is 9.67 Å². The third kappa shape index (κ3) is 2.11. The summed E-state index contributed by atoms with van der Waals surface area (Å²) in [6.45, 7) is 1.84. The van der Waals surface area contributed by atoms with E-state index in [1.54, 1.807) is 10.7 Å². The fourth-order valence-electron chi connectivity index (χ4n) is 2.15. The highest BCUT2D eigenvalue weighted by molar-refractivity contribution is 5.91. The SMILES string of the molecule is Cc1nn(-c2ccccc2)c2nc(N=[N+]=[N-])c(C=O)cc12. The van der Waals surface area contributed by atoms with Crippen LogP contribution in [0, 0.1) is 6.92 Å². The molecule has 0 unspecified atom stereocenters. The van der Waals surface area contributed by atoms with E-state index < -0.39 is 0 Å². The lowest BCUT2D eigenvalue weighted by atomic mass is 10.2. The molecule has 2 aromatic heterocycles. The number of aldehydes is 1. The molecule has 0 N–H and O–H groups in total. The third-order valence-electron chi connectivity index (χ3n) is 3.12. The van der Waals surface area contributed by atoms with Crippen LogP contribution in [0.2, 0.25) is 0 Å². The summed E-state index contributed by atoms with van der Waals surface area (Å²) in [5.74, 6) is 0.0529. The van der Waals surface area contributed by atoms with E-state index in [4.69, 9.17) is 5.53 Å². The molecule has 102 valence electrons. The van der Waals surface area contributed by atoms with Crippen molar-refractivity contribution < 1.29 is 4.79 Å². The largest absolute Gasteiger partial charge is 0.298 e. The molecule has 0 spiro atoms. The minimum absolute atomic E-state index is 0.0529. The lowest BCUT2D eigenvalue weighted by molar-refractivity contribution is 0.112. The van der Waals surface area contributed by atoms with Crippen LogP contribution in [-0.4, -0.2) is 21.1 Å². The molecule has 0 atom stereocenters. The van der Waals surface area contributed by atoms with Gasteiger partial charge in [0.05, 0.1) is 11.4 Å². The third-order valence-corrected chi connectivity index (χ3v) is 3.12. The van der Waals surface area contributed by atoms with Gasteiger partial charge in [-0.2, -0.15) is 5.10 Å². The number of carbonyl (C=O) groups is 1. The number of azide groups is 1. The van der Waals surface area contributed by atoms with Crippen molar-refractivity contribution in [2.45, 2.75) is 6.92 Å². The van der Waals surface area contributed by atoms with Crippen molar-refractivity contribution in [3.05, 3.63) is 58.1 Å². The number of pyridine rings is 1. The molecule has 0 saturated heterocycles. The molecule has 0 aliphatic rings. The summed E-state index contributed by atoms with van der Waals surface area (Å²) in [5, 5.41) is 8.66. The summed E-state index contributed by atoms with van der Waals surface area (Å²) in [6, 6.07) is 11.1. The van der Waals surface area contributed by atoms with Gasteiger partial charge in [-0.3, -0.25) is 4.79 Å².